The number of nitrogens with two attached hydrogens (primary N) is 1. The second-order valence-corrected chi connectivity index (χ2v) is 4.69. The van der Waals surface area contributed by atoms with Crippen LogP contribution in [0.15, 0.2) is 24.3 Å². The molecule has 0 radical (unpaired) electrons. The first-order chi connectivity index (χ1) is 9.20. The zero-order valence-electron chi connectivity index (χ0n) is 9.60. The van der Waals surface area contributed by atoms with Crippen LogP contribution >= 0.6 is 23.2 Å². The maximum absolute atomic E-state index is 13.2. The number of nitrogens with zero attached hydrogens (tertiary/aromatic N) is 1. The Kier molecular flexibility index (Phi) is 3.80. The topological polar surface area (TPSA) is 38.9 Å². The molecule has 0 unspecified atom stereocenters. The summed E-state index contributed by atoms with van der Waals surface area (Å²) in [5, 5.41) is 0.0980. The van der Waals surface area contributed by atoms with E-state index >= 15 is 0 Å². The van der Waals surface area contributed by atoms with E-state index in [1.54, 1.807) is 0 Å². The Morgan fingerprint density at radius 2 is 1.70 bits per heavy atom. The monoisotopic (exact) mass is 324 g/mol. The smallest absolute Gasteiger partial charge is 0.382 e. The van der Waals surface area contributed by atoms with E-state index in [4.69, 9.17) is 28.9 Å². The van der Waals surface area contributed by atoms with E-state index in [2.05, 4.69) is 4.98 Å². The molecule has 1 aromatic heterocycles. The molecule has 1 aromatic carbocycles. The Balaban J connectivity index is 2.63. The standard InChI is InChI=1S/C12H6Cl2F4N2/c13-7-4-8(14)11(19)20-10(7)5-1-2-9(15)6(3-5)12(16,17)18/h1-4H,(H2,19,20). The summed E-state index contributed by atoms with van der Waals surface area (Å²) in [5.41, 5.74) is 4.07. The number of hydrogen-bond donors (Lipinski definition) is 1. The molecule has 0 fully saturated rings. The van der Waals surface area contributed by atoms with Gasteiger partial charge in [-0.1, -0.05) is 23.2 Å². The molecular formula is C12H6Cl2F4N2. The number of aromatic nitrogens is 1. The van der Waals surface area contributed by atoms with Crippen LogP contribution in [0.4, 0.5) is 23.4 Å². The number of halogens is 6. The van der Waals surface area contributed by atoms with Crippen LogP contribution in [0.5, 0.6) is 0 Å². The van der Waals surface area contributed by atoms with Crippen LogP contribution < -0.4 is 5.73 Å². The highest BCUT2D eigenvalue weighted by atomic mass is 35.5. The summed E-state index contributed by atoms with van der Waals surface area (Å²) in [4.78, 5) is 3.82. The van der Waals surface area contributed by atoms with Crippen LogP contribution in [-0.4, -0.2) is 4.98 Å². The van der Waals surface area contributed by atoms with Crippen LogP contribution in [0.2, 0.25) is 10.0 Å². The molecule has 8 heteroatoms. The fourth-order valence-corrected chi connectivity index (χ4v) is 2.04. The summed E-state index contributed by atoms with van der Waals surface area (Å²) in [6.45, 7) is 0. The maximum Gasteiger partial charge on any atom is 0.419 e. The van der Waals surface area contributed by atoms with Crippen LogP contribution in [-0.2, 0) is 6.18 Å². The molecule has 1 heterocycles. The van der Waals surface area contributed by atoms with Crippen molar-refractivity contribution in [2.24, 2.45) is 0 Å². The van der Waals surface area contributed by atoms with Crippen molar-refractivity contribution in [2.75, 3.05) is 5.73 Å². The zero-order valence-corrected chi connectivity index (χ0v) is 11.1. The fourth-order valence-electron chi connectivity index (χ4n) is 1.57. The molecule has 2 rings (SSSR count). The molecular weight excluding hydrogens is 319 g/mol. The quantitative estimate of drug-likeness (QED) is 0.765. The number of nitrogen functional groups attached to an aromatic ring is 1. The van der Waals surface area contributed by atoms with Crippen LogP contribution in [0.1, 0.15) is 5.56 Å². The summed E-state index contributed by atoms with van der Waals surface area (Å²) in [6, 6.07) is 3.71. The predicted octanol–water partition coefficient (Wildman–Crippen LogP) is 4.80. The van der Waals surface area contributed by atoms with E-state index in [1.165, 1.54) is 6.07 Å². The molecule has 0 spiro atoms. The average Bonchev–Trinajstić information content (AvgIpc) is 2.33. The van der Waals surface area contributed by atoms with Gasteiger partial charge in [-0.3, -0.25) is 0 Å². The Morgan fingerprint density at radius 1 is 1.05 bits per heavy atom. The van der Waals surface area contributed by atoms with Gasteiger partial charge >= 0.3 is 6.18 Å². The van der Waals surface area contributed by atoms with Gasteiger partial charge in [0.05, 0.1) is 21.3 Å². The van der Waals surface area contributed by atoms with Gasteiger partial charge in [-0.05, 0) is 24.3 Å². The lowest BCUT2D eigenvalue weighted by Crippen LogP contribution is -2.08. The number of rotatable bonds is 1. The first kappa shape index (κ1) is 14.9. The predicted molar refractivity (Wildman–Crippen MR) is 69.1 cm³/mol. The van der Waals surface area contributed by atoms with E-state index in [1.807, 2.05) is 0 Å². The maximum atomic E-state index is 13.2. The molecule has 0 bridgehead atoms. The number of benzene rings is 1. The highest BCUT2D eigenvalue weighted by Gasteiger charge is 2.34. The molecule has 2 nitrogen and oxygen atoms in total. The molecule has 106 valence electrons. The molecule has 2 aromatic rings. The lowest BCUT2D eigenvalue weighted by molar-refractivity contribution is -0.139. The van der Waals surface area contributed by atoms with Gasteiger partial charge in [0.1, 0.15) is 11.6 Å². The third-order valence-corrected chi connectivity index (χ3v) is 3.09. The van der Waals surface area contributed by atoms with Gasteiger partial charge in [0.25, 0.3) is 0 Å². The lowest BCUT2D eigenvalue weighted by Gasteiger charge is -2.11. The minimum absolute atomic E-state index is 0.000864. The Labute approximate surface area is 121 Å². The molecule has 20 heavy (non-hydrogen) atoms. The van der Waals surface area contributed by atoms with E-state index in [0.717, 1.165) is 6.07 Å². The molecule has 0 atom stereocenters. The van der Waals surface area contributed by atoms with E-state index in [-0.39, 0.29) is 27.1 Å². The second-order valence-electron chi connectivity index (χ2n) is 3.88. The average molecular weight is 325 g/mol. The van der Waals surface area contributed by atoms with Crippen LogP contribution in [0.25, 0.3) is 11.3 Å². The van der Waals surface area contributed by atoms with Crippen molar-refractivity contribution in [1.29, 1.82) is 0 Å². The first-order valence-corrected chi connectivity index (χ1v) is 5.94. The van der Waals surface area contributed by atoms with Crippen molar-refractivity contribution in [3.8, 4) is 11.3 Å². The van der Waals surface area contributed by atoms with Crippen LogP contribution in [0, 0.1) is 5.82 Å². The van der Waals surface area contributed by atoms with Crippen molar-refractivity contribution < 1.29 is 17.6 Å². The Hall–Kier alpha value is -1.53. The Bertz CT molecular complexity index is 671. The van der Waals surface area contributed by atoms with Gasteiger partial charge in [0.2, 0.25) is 0 Å². The van der Waals surface area contributed by atoms with Crippen LogP contribution in [0.3, 0.4) is 0 Å². The van der Waals surface area contributed by atoms with Crippen molar-refractivity contribution in [1.82, 2.24) is 4.98 Å². The van der Waals surface area contributed by atoms with Crippen molar-refractivity contribution in [3.63, 3.8) is 0 Å². The second kappa shape index (κ2) is 5.10. The van der Waals surface area contributed by atoms with Gasteiger partial charge < -0.3 is 5.73 Å². The summed E-state index contributed by atoms with van der Waals surface area (Å²) in [6.07, 6.45) is -4.81. The summed E-state index contributed by atoms with van der Waals surface area (Å²) in [7, 11) is 0. The minimum Gasteiger partial charge on any atom is -0.382 e. The normalized spacial score (nSPS) is 11.7. The largest absolute Gasteiger partial charge is 0.419 e. The molecule has 0 amide bonds. The molecule has 0 aliphatic heterocycles. The van der Waals surface area contributed by atoms with Gasteiger partial charge in [-0.15, -0.1) is 0 Å². The van der Waals surface area contributed by atoms with Crippen molar-refractivity contribution >= 4 is 29.0 Å². The summed E-state index contributed by atoms with van der Waals surface area (Å²) >= 11 is 11.6. The minimum atomic E-state index is -4.81. The highest BCUT2D eigenvalue weighted by molar-refractivity contribution is 6.37. The fraction of sp³-hybridized carbons (Fsp3) is 0.0833. The number of anilines is 1. The first-order valence-electron chi connectivity index (χ1n) is 5.19. The summed E-state index contributed by atoms with van der Waals surface area (Å²) in [5.74, 6) is -1.46. The number of hydrogen-bond acceptors (Lipinski definition) is 2. The lowest BCUT2D eigenvalue weighted by atomic mass is 10.1. The SMILES string of the molecule is Nc1nc(-c2ccc(F)c(C(F)(F)F)c2)c(Cl)cc1Cl. The molecule has 2 N–H and O–H groups in total. The van der Waals surface area contributed by atoms with E-state index in [9.17, 15) is 17.6 Å². The zero-order chi connectivity index (χ0) is 15.1. The van der Waals surface area contributed by atoms with Gasteiger partial charge in [0.15, 0.2) is 0 Å². The summed E-state index contributed by atoms with van der Waals surface area (Å²) < 4.78 is 51.2. The third-order valence-electron chi connectivity index (χ3n) is 2.50. The van der Waals surface area contributed by atoms with Crippen molar-refractivity contribution in [2.45, 2.75) is 6.18 Å². The number of pyridine rings is 1. The molecule has 0 aliphatic rings. The number of alkyl halides is 3. The molecule has 0 saturated heterocycles. The molecule has 0 aliphatic carbocycles. The van der Waals surface area contributed by atoms with Gasteiger partial charge in [-0.2, -0.15) is 13.2 Å². The van der Waals surface area contributed by atoms with Gasteiger partial charge in [0, 0.05) is 5.56 Å². The van der Waals surface area contributed by atoms with Crippen molar-refractivity contribution in [3.05, 3.63) is 45.7 Å². The molecule has 0 saturated carbocycles. The van der Waals surface area contributed by atoms with E-state index in [0.29, 0.717) is 12.1 Å². The highest BCUT2D eigenvalue weighted by Crippen LogP contribution is 2.36. The van der Waals surface area contributed by atoms with Gasteiger partial charge in [-0.25, -0.2) is 9.37 Å². The Morgan fingerprint density at radius 3 is 2.30 bits per heavy atom. The third kappa shape index (κ3) is 2.81. The van der Waals surface area contributed by atoms with E-state index < -0.39 is 17.6 Å².